The Labute approximate surface area is 115 Å². The van der Waals surface area contributed by atoms with Crippen molar-refractivity contribution in [2.24, 2.45) is 0 Å². The Balaban J connectivity index is 1.93. The molecule has 0 amide bonds. The van der Waals surface area contributed by atoms with E-state index in [4.69, 9.17) is 0 Å². The van der Waals surface area contributed by atoms with Crippen molar-refractivity contribution in [2.45, 2.75) is 32.7 Å². The van der Waals surface area contributed by atoms with Crippen LogP contribution >= 0.6 is 0 Å². The quantitative estimate of drug-likeness (QED) is 0.769. The fourth-order valence-electron chi connectivity index (χ4n) is 2.07. The Morgan fingerprint density at radius 2 is 2.00 bits per heavy atom. The standard InChI is InChI=1S/C16H23N3/c1-3-4-10-17-11-14(2)19-13-16(12-18-19)15-8-6-5-7-9-15/h5-9,12-14,17H,3-4,10-11H2,1-2H3. The molecule has 1 unspecified atom stereocenters. The van der Waals surface area contributed by atoms with Crippen LogP contribution in [-0.2, 0) is 0 Å². The van der Waals surface area contributed by atoms with Gasteiger partial charge in [0.05, 0.1) is 12.2 Å². The van der Waals surface area contributed by atoms with E-state index in [1.54, 1.807) is 0 Å². The van der Waals surface area contributed by atoms with Crippen LogP contribution in [0.15, 0.2) is 42.7 Å². The van der Waals surface area contributed by atoms with E-state index >= 15 is 0 Å². The van der Waals surface area contributed by atoms with Gasteiger partial charge in [0.2, 0.25) is 0 Å². The van der Waals surface area contributed by atoms with Crippen LogP contribution in [0, 0.1) is 0 Å². The molecule has 19 heavy (non-hydrogen) atoms. The monoisotopic (exact) mass is 257 g/mol. The maximum absolute atomic E-state index is 4.47. The zero-order valence-electron chi connectivity index (χ0n) is 11.8. The molecule has 1 aromatic heterocycles. The largest absolute Gasteiger partial charge is 0.315 e. The van der Waals surface area contributed by atoms with Gasteiger partial charge in [-0.3, -0.25) is 4.68 Å². The van der Waals surface area contributed by atoms with Crippen molar-refractivity contribution >= 4 is 0 Å². The van der Waals surface area contributed by atoms with Gasteiger partial charge in [-0.05, 0) is 25.5 Å². The molecule has 3 heteroatoms. The van der Waals surface area contributed by atoms with Crippen molar-refractivity contribution in [1.29, 1.82) is 0 Å². The average Bonchev–Trinajstić information content (AvgIpc) is 2.94. The highest BCUT2D eigenvalue weighted by molar-refractivity contribution is 5.61. The zero-order chi connectivity index (χ0) is 13.5. The smallest absolute Gasteiger partial charge is 0.0615 e. The Bertz CT molecular complexity index is 476. The highest BCUT2D eigenvalue weighted by atomic mass is 15.3. The number of nitrogens with zero attached hydrogens (tertiary/aromatic N) is 2. The number of nitrogens with one attached hydrogen (secondary N) is 1. The van der Waals surface area contributed by atoms with E-state index in [1.165, 1.54) is 24.0 Å². The van der Waals surface area contributed by atoms with Gasteiger partial charge in [0.15, 0.2) is 0 Å². The number of benzene rings is 1. The first kappa shape index (κ1) is 13.8. The van der Waals surface area contributed by atoms with Crippen LogP contribution in [-0.4, -0.2) is 22.9 Å². The van der Waals surface area contributed by atoms with Crippen LogP contribution in [0.3, 0.4) is 0 Å². The van der Waals surface area contributed by atoms with E-state index in [0.29, 0.717) is 6.04 Å². The fourth-order valence-corrected chi connectivity index (χ4v) is 2.07. The molecule has 1 N–H and O–H groups in total. The van der Waals surface area contributed by atoms with Crippen LogP contribution in [0.2, 0.25) is 0 Å². The number of unbranched alkanes of at least 4 members (excludes halogenated alkanes) is 1. The Morgan fingerprint density at radius 3 is 2.74 bits per heavy atom. The Morgan fingerprint density at radius 1 is 1.21 bits per heavy atom. The lowest BCUT2D eigenvalue weighted by Crippen LogP contribution is -2.24. The van der Waals surface area contributed by atoms with E-state index in [-0.39, 0.29) is 0 Å². The van der Waals surface area contributed by atoms with Gasteiger partial charge in [0.25, 0.3) is 0 Å². The van der Waals surface area contributed by atoms with Crippen molar-refractivity contribution < 1.29 is 0 Å². The second-order valence-electron chi connectivity index (χ2n) is 4.98. The van der Waals surface area contributed by atoms with Crippen molar-refractivity contribution in [1.82, 2.24) is 15.1 Å². The van der Waals surface area contributed by atoms with Crippen LogP contribution in [0.4, 0.5) is 0 Å². The Kier molecular flexibility index (Phi) is 5.16. The van der Waals surface area contributed by atoms with Gasteiger partial charge >= 0.3 is 0 Å². The predicted molar refractivity (Wildman–Crippen MR) is 80.2 cm³/mol. The van der Waals surface area contributed by atoms with Crippen molar-refractivity contribution in [2.75, 3.05) is 13.1 Å². The molecular formula is C16H23N3. The molecular weight excluding hydrogens is 234 g/mol. The van der Waals surface area contributed by atoms with Gasteiger partial charge in [-0.15, -0.1) is 0 Å². The molecule has 0 spiro atoms. The lowest BCUT2D eigenvalue weighted by atomic mass is 10.1. The molecule has 2 rings (SSSR count). The molecule has 1 aromatic carbocycles. The normalized spacial score (nSPS) is 12.5. The van der Waals surface area contributed by atoms with E-state index in [2.05, 4.69) is 54.7 Å². The second kappa shape index (κ2) is 7.10. The minimum Gasteiger partial charge on any atom is -0.315 e. The molecule has 0 aliphatic carbocycles. The molecule has 0 bridgehead atoms. The number of rotatable bonds is 7. The molecule has 0 saturated carbocycles. The summed E-state index contributed by atoms with van der Waals surface area (Å²) >= 11 is 0. The van der Waals surface area contributed by atoms with Gasteiger partial charge in [-0.1, -0.05) is 43.7 Å². The minimum atomic E-state index is 0.384. The van der Waals surface area contributed by atoms with Gasteiger partial charge in [0.1, 0.15) is 0 Å². The third-order valence-electron chi connectivity index (χ3n) is 3.31. The zero-order valence-corrected chi connectivity index (χ0v) is 11.8. The van der Waals surface area contributed by atoms with E-state index in [0.717, 1.165) is 13.1 Å². The molecule has 0 saturated heterocycles. The van der Waals surface area contributed by atoms with Crippen LogP contribution < -0.4 is 5.32 Å². The molecule has 0 radical (unpaired) electrons. The molecule has 3 nitrogen and oxygen atoms in total. The van der Waals surface area contributed by atoms with Gasteiger partial charge in [-0.2, -0.15) is 5.10 Å². The average molecular weight is 257 g/mol. The van der Waals surface area contributed by atoms with Crippen LogP contribution in [0.5, 0.6) is 0 Å². The highest BCUT2D eigenvalue weighted by Gasteiger charge is 2.07. The summed E-state index contributed by atoms with van der Waals surface area (Å²) in [5, 5.41) is 7.94. The van der Waals surface area contributed by atoms with Crippen molar-refractivity contribution in [3.8, 4) is 11.1 Å². The molecule has 0 fully saturated rings. The van der Waals surface area contributed by atoms with Crippen molar-refractivity contribution in [3.63, 3.8) is 0 Å². The summed E-state index contributed by atoms with van der Waals surface area (Å²) in [7, 11) is 0. The Hall–Kier alpha value is -1.61. The lowest BCUT2D eigenvalue weighted by Gasteiger charge is -2.12. The summed E-state index contributed by atoms with van der Waals surface area (Å²) in [4.78, 5) is 0. The second-order valence-corrected chi connectivity index (χ2v) is 4.98. The fraction of sp³-hybridized carbons (Fsp3) is 0.438. The van der Waals surface area contributed by atoms with E-state index in [9.17, 15) is 0 Å². The number of hydrogen-bond acceptors (Lipinski definition) is 2. The topological polar surface area (TPSA) is 29.9 Å². The molecule has 0 aliphatic heterocycles. The molecule has 1 atom stereocenters. The van der Waals surface area contributed by atoms with Crippen molar-refractivity contribution in [3.05, 3.63) is 42.7 Å². The van der Waals surface area contributed by atoms with E-state index < -0.39 is 0 Å². The summed E-state index contributed by atoms with van der Waals surface area (Å²) < 4.78 is 2.04. The first-order chi connectivity index (χ1) is 9.31. The maximum Gasteiger partial charge on any atom is 0.0615 e. The summed E-state index contributed by atoms with van der Waals surface area (Å²) in [5.41, 5.74) is 2.40. The SMILES string of the molecule is CCCCNCC(C)n1cc(-c2ccccc2)cn1. The van der Waals surface area contributed by atoms with Gasteiger partial charge in [0, 0.05) is 18.3 Å². The van der Waals surface area contributed by atoms with Gasteiger partial charge in [-0.25, -0.2) is 0 Å². The first-order valence-electron chi connectivity index (χ1n) is 7.11. The minimum absolute atomic E-state index is 0.384. The van der Waals surface area contributed by atoms with E-state index in [1.807, 2.05) is 16.9 Å². The van der Waals surface area contributed by atoms with Gasteiger partial charge < -0.3 is 5.32 Å². The molecule has 1 heterocycles. The molecule has 102 valence electrons. The lowest BCUT2D eigenvalue weighted by molar-refractivity contribution is 0.451. The third kappa shape index (κ3) is 3.93. The maximum atomic E-state index is 4.47. The summed E-state index contributed by atoms with van der Waals surface area (Å²) in [6, 6.07) is 10.8. The van der Waals surface area contributed by atoms with Crippen LogP contribution in [0.1, 0.15) is 32.7 Å². The highest BCUT2D eigenvalue weighted by Crippen LogP contribution is 2.19. The molecule has 0 aliphatic rings. The summed E-state index contributed by atoms with van der Waals surface area (Å²) in [6.07, 6.45) is 6.54. The molecule has 2 aromatic rings. The number of aromatic nitrogens is 2. The first-order valence-corrected chi connectivity index (χ1v) is 7.11. The number of hydrogen-bond donors (Lipinski definition) is 1. The third-order valence-corrected chi connectivity index (χ3v) is 3.31. The van der Waals surface area contributed by atoms with Crippen LogP contribution in [0.25, 0.3) is 11.1 Å². The summed E-state index contributed by atoms with van der Waals surface area (Å²) in [5.74, 6) is 0. The predicted octanol–water partition coefficient (Wildman–Crippen LogP) is 3.50. The summed E-state index contributed by atoms with van der Waals surface area (Å²) in [6.45, 7) is 6.47.